The monoisotopic (exact) mass is 631 g/mol. The zero-order valence-electron chi connectivity index (χ0n) is 25.3. The smallest absolute Gasteiger partial charge is 0.410 e. The Morgan fingerprint density at radius 3 is 2.57 bits per heavy atom. The van der Waals surface area contributed by atoms with E-state index >= 15 is 0 Å². The number of β-lactam (4-membered cyclic amide) rings is 1. The summed E-state index contributed by atoms with van der Waals surface area (Å²) in [6, 6.07) is -0.161. The number of nitrogens with zero attached hydrogens (tertiary/aromatic N) is 3. The quantitative estimate of drug-likeness (QED) is 0.118. The number of amides is 2. The fourth-order valence-corrected chi connectivity index (χ4v) is 9.20. The van der Waals surface area contributed by atoms with E-state index in [0.717, 1.165) is 26.9 Å². The van der Waals surface area contributed by atoms with Gasteiger partial charge in [0.05, 0.1) is 23.8 Å². The predicted octanol–water partition coefficient (Wildman–Crippen LogP) is 6.08. The van der Waals surface area contributed by atoms with Crippen molar-refractivity contribution < 1.29 is 28.3 Å². The maximum absolute atomic E-state index is 13.4. The van der Waals surface area contributed by atoms with Gasteiger partial charge in [-0.25, -0.2) is 14.6 Å². The van der Waals surface area contributed by atoms with Gasteiger partial charge in [-0.2, -0.15) is 0 Å². The first-order chi connectivity index (χ1) is 19.9. The highest BCUT2D eigenvalue weighted by Gasteiger charge is 2.61. The number of hydrogen-bond acceptors (Lipinski definition) is 9. The van der Waals surface area contributed by atoms with Crippen molar-refractivity contribution in [3.63, 3.8) is 0 Å². The third-order valence-corrected chi connectivity index (χ3v) is 10.9. The van der Waals surface area contributed by atoms with Crippen molar-refractivity contribution in [2.75, 3.05) is 19.8 Å². The molecule has 0 spiro atoms. The average Bonchev–Trinajstić information content (AvgIpc) is 3.50. The van der Waals surface area contributed by atoms with Crippen molar-refractivity contribution >= 4 is 55.0 Å². The molecule has 2 amide bonds. The van der Waals surface area contributed by atoms with Crippen molar-refractivity contribution in [2.24, 2.45) is 11.8 Å². The lowest BCUT2D eigenvalue weighted by Crippen LogP contribution is -2.64. The molecule has 1 fully saturated rings. The van der Waals surface area contributed by atoms with Crippen LogP contribution in [0.1, 0.15) is 39.3 Å². The number of carbonyl (C=O) groups excluding carboxylic acids is 3. The van der Waals surface area contributed by atoms with E-state index in [1.807, 2.05) is 18.4 Å². The Kier molecular flexibility index (Phi) is 10.2. The number of aromatic nitrogens is 1. The molecule has 3 aliphatic rings. The van der Waals surface area contributed by atoms with E-state index < -0.39 is 14.3 Å². The SMILES string of the molecule is C=CCOC(=O)C1=C(Sc2nc(C3=CCN(C(=O)OCC=C)[C@H](CC)C3)cs2)[C@H](C)[C@@H]2[C@@H]([C@@H](C)O[Si](C)(C)C)C(=O)N12. The second-order valence-corrected chi connectivity index (χ2v) is 18.3. The minimum Gasteiger partial charge on any atom is -0.457 e. The molecule has 5 atom stereocenters. The van der Waals surface area contributed by atoms with Gasteiger partial charge in [0.1, 0.15) is 18.9 Å². The molecule has 1 aromatic heterocycles. The fourth-order valence-electron chi connectivity index (χ4n) is 5.83. The number of carbonyl (C=O) groups is 3. The minimum atomic E-state index is -1.87. The summed E-state index contributed by atoms with van der Waals surface area (Å²) in [6.07, 6.45) is 5.98. The van der Waals surface area contributed by atoms with Gasteiger partial charge < -0.3 is 23.7 Å². The van der Waals surface area contributed by atoms with Crippen LogP contribution in [-0.2, 0) is 23.5 Å². The second kappa shape index (κ2) is 13.3. The first kappa shape index (κ1) is 32.2. The van der Waals surface area contributed by atoms with E-state index in [-0.39, 0.29) is 55.2 Å². The molecule has 4 heterocycles. The van der Waals surface area contributed by atoms with Crippen LogP contribution in [0.3, 0.4) is 0 Å². The van der Waals surface area contributed by atoms with Gasteiger partial charge in [0.2, 0.25) is 5.91 Å². The number of ether oxygens (including phenoxy) is 2. The molecule has 1 saturated heterocycles. The zero-order valence-corrected chi connectivity index (χ0v) is 27.9. The van der Waals surface area contributed by atoms with Crippen LogP contribution in [-0.4, -0.2) is 79.0 Å². The molecule has 3 aliphatic heterocycles. The lowest BCUT2D eigenvalue weighted by atomic mass is 9.79. The van der Waals surface area contributed by atoms with Crippen molar-refractivity contribution in [1.82, 2.24) is 14.8 Å². The molecule has 0 aromatic carbocycles. The normalized spacial score (nSPS) is 24.5. The van der Waals surface area contributed by atoms with Gasteiger partial charge in [0.15, 0.2) is 12.7 Å². The highest BCUT2D eigenvalue weighted by molar-refractivity contribution is 8.04. The summed E-state index contributed by atoms with van der Waals surface area (Å²) in [5.41, 5.74) is 2.24. The molecule has 228 valence electrons. The molecule has 1 aromatic rings. The number of fused-ring (bicyclic) bond motifs is 1. The molecule has 12 heteroatoms. The van der Waals surface area contributed by atoms with E-state index in [0.29, 0.717) is 18.7 Å². The van der Waals surface area contributed by atoms with Crippen molar-refractivity contribution in [1.29, 1.82) is 0 Å². The molecule has 9 nitrogen and oxygen atoms in total. The number of thiazole rings is 1. The summed E-state index contributed by atoms with van der Waals surface area (Å²) in [5.74, 6) is -1.04. The first-order valence-electron chi connectivity index (χ1n) is 14.3. The minimum absolute atomic E-state index is 0.00986. The molecular weight excluding hydrogens is 591 g/mol. The second-order valence-electron chi connectivity index (χ2n) is 11.7. The first-order valence-corrected chi connectivity index (χ1v) is 19.4. The Morgan fingerprint density at radius 1 is 1.24 bits per heavy atom. The summed E-state index contributed by atoms with van der Waals surface area (Å²) >= 11 is 2.92. The van der Waals surface area contributed by atoms with Crippen molar-refractivity contribution in [2.45, 2.75) is 75.8 Å². The summed E-state index contributed by atoms with van der Waals surface area (Å²) < 4.78 is 17.8. The highest BCUT2D eigenvalue weighted by Crippen LogP contribution is 2.53. The van der Waals surface area contributed by atoms with Crippen LogP contribution in [0.4, 0.5) is 4.79 Å². The van der Waals surface area contributed by atoms with Gasteiger partial charge in [-0.15, -0.1) is 11.3 Å². The molecular formula is C30H41N3O6S2Si. The van der Waals surface area contributed by atoms with Gasteiger partial charge in [-0.3, -0.25) is 4.79 Å². The van der Waals surface area contributed by atoms with E-state index in [1.54, 1.807) is 15.9 Å². The number of thioether (sulfide) groups is 1. The van der Waals surface area contributed by atoms with Crippen LogP contribution in [0.2, 0.25) is 19.6 Å². The summed E-state index contributed by atoms with van der Waals surface area (Å²) in [5, 5.41) is 2.01. The van der Waals surface area contributed by atoms with E-state index in [2.05, 4.69) is 46.6 Å². The average molecular weight is 632 g/mol. The van der Waals surface area contributed by atoms with E-state index in [4.69, 9.17) is 18.9 Å². The Balaban J connectivity index is 1.56. The Labute approximate surface area is 257 Å². The molecule has 42 heavy (non-hydrogen) atoms. The largest absolute Gasteiger partial charge is 0.457 e. The zero-order chi connectivity index (χ0) is 30.8. The van der Waals surface area contributed by atoms with E-state index in [9.17, 15) is 14.4 Å². The lowest BCUT2D eigenvalue weighted by molar-refractivity contribution is -0.163. The van der Waals surface area contributed by atoms with Crippen LogP contribution in [0.5, 0.6) is 0 Å². The van der Waals surface area contributed by atoms with Gasteiger partial charge >= 0.3 is 12.1 Å². The summed E-state index contributed by atoms with van der Waals surface area (Å²) in [7, 11) is -1.87. The molecule has 0 bridgehead atoms. The van der Waals surface area contributed by atoms with Crippen LogP contribution >= 0.6 is 23.1 Å². The van der Waals surface area contributed by atoms with Gasteiger partial charge in [0.25, 0.3) is 0 Å². The van der Waals surface area contributed by atoms with Crippen LogP contribution in [0.15, 0.2) is 51.7 Å². The Bertz CT molecular complexity index is 1300. The molecule has 0 saturated carbocycles. The van der Waals surface area contributed by atoms with Gasteiger partial charge in [0, 0.05) is 28.8 Å². The third kappa shape index (κ3) is 6.61. The Morgan fingerprint density at radius 2 is 1.93 bits per heavy atom. The fraction of sp³-hybridized carbons (Fsp3) is 0.533. The van der Waals surface area contributed by atoms with Gasteiger partial charge in [-0.05, 0) is 45.0 Å². The van der Waals surface area contributed by atoms with Crippen molar-refractivity contribution in [3.05, 3.63) is 53.1 Å². The highest BCUT2D eigenvalue weighted by atomic mass is 32.2. The summed E-state index contributed by atoms with van der Waals surface area (Å²) in [4.78, 5) is 48.2. The maximum atomic E-state index is 13.4. The lowest BCUT2D eigenvalue weighted by Gasteiger charge is -2.48. The molecule has 0 unspecified atom stereocenters. The molecule has 0 N–H and O–H groups in total. The summed E-state index contributed by atoms with van der Waals surface area (Å²) in [6.45, 7) is 20.3. The van der Waals surface area contributed by atoms with Crippen LogP contribution in [0.25, 0.3) is 5.57 Å². The van der Waals surface area contributed by atoms with Gasteiger partial charge in [-0.1, -0.05) is 57.0 Å². The maximum Gasteiger partial charge on any atom is 0.410 e. The molecule has 4 rings (SSSR count). The van der Waals surface area contributed by atoms with Crippen molar-refractivity contribution in [3.8, 4) is 0 Å². The van der Waals surface area contributed by atoms with Crippen LogP contribution in [0, 0.1) is 11.8 Å². The standard InChI is InChI=1S/C30H41N3O6S2Si/c1-9-14-37-28(35)25-26(18(4)24-23(27(34)33(24)25)19(5)39-42(6,7)8)41-29-31-22(17-40-29)20-12-13-32(21(11-3)16-20)30(36)38-15-10-2/h9-10,12,17-19,21,23-24H,1-2,11,13-16H2,3-8H3/t18-,19-,21-,23-,24-/m1/s1. The predicted molar refractivity (Wildman–Crippen MR) is 168 cm³/mol. The number of hydrogen-bond donors (Lipinski definition) is 0. The van der Waals surface area contributed by atoms with E-state index in [1.165, 1.54) is 29.2 Å². The molecule has 0 aliphatic carbocycles. The number of esters is 1. The topological polar surface area (TPSA) is 98.3 Å². The number of rotatable bonds is 12. The van der Waals surface area contributed by atoms with Crippen LogP contribution < -0.4 is 0 Å². The Hall–Kier alpha value is -2.67. The molecule has 0 radical (unpaired) electrons. The third-order valence-electron chi connectivity index (χ3n) is 7.63.